The molecule has 0 saturated heterocycles. The number of carbonyl (C=O) groups excluding carboxylic acids is 1. The predicted molar refractivity (Wildman–Crippen MR) is 70.2 cm³/mol. The van der Waals surface area contributed by atoms with Gasteiger partial charge >= 0.3 is 0 Å². The van der Waals surface area contributed by atoms with E-state index in [0.29, 0.717) is 0 Å². The minimum atomic E-state index is -0.733. The Morgan fingerprint density at radius 1 is 0.944 bits per heavy atom. The summed E-state index contributed by atoms with van der Waals surface area (Å²) in [5.74, 6) is -0.668. The highest BCUT2D eigenvalue weighted by atomic mass is 19.1. The van der Waals surface area contributed by atoms with Crippen LogP contribution in [0, 0.1) is 5.82 Å². The molecule has 0 amide bonds. The van der Waals surface area contributed by atoms with Crippen LogP contribution >= 0.6 is 0 Å². The maximum Gasteiger partial charge on any atom is 0.175 e. The number of ketones is 1. The van der Waals surface area contributed by atoms with Crippen molar-refractivity contribution in [3.05, 3.63) is 71.5 Å². The summed E-state index contributed by atoms with van der Waals surface area (Å²) in [5, 5.41) is 0. The van der Waals surface area contributed by atoms with Crippen LogP contribution in [0.4, 0.5) is 4.39 Å². The molecular formula is C16H15FO. The van der Waals surface area contributed by atoms with Crippen LogP contribution < -0.4 is 0 Å². The number of Topliss-reactive ketones (excluding diaryl/α,β-unsaturated/α-hetero) is 1. The van der Waals surface area contributed by atoms with Crippen molar-refractivity contribution in [2.45, 2.75) is 19.3 Å². The molecule has 2 heteroatoms. The highest BCUT2D eigenvalue weighted by Crippen LogP contribution is 2.28. The minimum absolute atomic E-state index is 0.145. The van der Waals surface area contributed by atoms with Crippen molar-refractivity contribution in [2.75, 3.05) is 0 Å². The van der Waals surface area contributed by atoms with Crippen LogP contribution in [0.1, 0.15) is 29.8 Å². The smallest absolute Gasteiger partial charge is 0.175 e. The van der Waals surface area contributed by atoms with Crippen LogP contribution in [-0.4, -0.2) is 5.78 Å². The molecule has 0 saturated carbocycles. The average Bonchev–Trinajstić information content (AvgIpc) is 2.39. The third-order valence-electron chi connectivity index (χ3n) is 3.18. The van der Waals surface area contributed by atoms with Gasteiger partial charge in [0.2, 0.25) is 0 Å². The Labute approximate surface area is 106 Å². The summed E-state index contributed by atoms with van der Waals surface area (Å²) < 4.78 is 13.7. The van der Waals surface area contributed by atoms with Gasteiger partial charge < -0.3 is 0 Å². The van der Waals surface area contributed by atoms with Crippen molar-refractivity contribution in [3.63, 3.8) is 0 Å². The third-order valence-corrected chi connectivity index (χ3v) is 3.18. The monoisotopic (exact) mass is 242 g/mol. The molecule has 0 radical (unpaired) electrons. The number of benzene rings is 2. The molecule has 0 fully saturated rings. The van der Waals surface area contributed by atoms with Gasteiger partial charge in [0.05, 0.1) is 11.0 Å². The van der Waals surface area contributed by atoms with Gasteiger partial charge in [-0.25, -0.2) is 4.39 Å². The minimum Gasteiger partial charge on any atom is -0.293 e. The molecule has 0 atom stereocenters. The molecule has 0 aromatic heterocycles. The molecule has 2 rings (SSSR count). The van der Waals surface area contributed by atoms with Crippen LogP contribution in [-0.2, 0) is 5.41 Å². The Morgan fingerprint density at radius 2 is 1.50 bits per heavy atom. The van der Waals surface area contributed by atoms with Gasteiger partial charge in [0.1, 0.15) is 5.82 Å². The summed E-state index contributed by atoms with van der Waals surface area (Å²) in [6.45, 7) is 3.63. The molecular weight excluding hydrogens is 227 g/mol. The van der Waals surface area contributed by atoms with E-state index < -0.39 is 11.2 Å². The van der Waals surface area contributed by atoms with Crippen molar-refractivity contribution >= 4 is 5.78 Å². The van der Waals surface area contributed by atoms with Crippen LogP contribution in [0.5, 0.6) is 0 Å². The van der Waals surface area contributed by atoms with Gasteiger partial charge in [-0.3, -0.25) is 4.79 Å². The molecule has 0 spiro atoms. The zero-order valence-electron chi connectivity index (χ0n) is 10.5. The topological polar surface area (TPSA) is 17.1 Å². The second-order valence-corrected chi connectivity index (χ2v) is 4.80. The van der Waals surface area contributed by atoms with E-state index in [0.717, 1.165) is 5.56 Å². The summed E-state index contributed by atoms with van der Waals surface area (Å²) in [6, 6.07) is 15.5. The van der Waals surface area contributed by atoms with E-state index in [1.165, 1.54) is 12.1 Å². The zero-order chi connectivity index (χ0) is 13.2. The zero-order valence-corrected chi connectivity index (χ0v) is 10.5. The Bertz CT molecular complexity index is 558. The number of carbonyl (C=O) groups is 1. The molecule has 0 N–H and O–H groups in total. The first-order chi connectivity index (χ1) is 8.53. The van der Waals surface area contributed by atoms with E-state index in [-0.39, 0.29) is 11.3 Å². The van der Waals surface area contributed by atoms with E-state index in [2.05, 4.69) is 0 Å². The summed E-state index contributed by atoms with van der Waals surface area (Å²) >= 11 is 0. The summed E-state index contributed by atoms with van der Waals surface area (Å²) in [4.78, 5) is 12.4. The third kappa shape index (κ3) is 2.19. The maximum atomic E-state index is 13.7. The van der Waals surface area contributed by atoms with Crippen molar-refractivity contribution in [1.29, 1.82) is 0 Å². The molecule has 0 unspecified atom stereocenters. The van der Waals surface area contributed by atoms with Gasteiger partial charge in [-0.2, -0.15) is 0 Å². The molecule has 2 aromatic rings. The van der Waals surface area contributed by atoms with Crippen molar-refractivity contribution in [2.24, 2.45) is 0 Å². The molecule has 0 aliphatic carbocycles. The highest BCUT2D eigenvalue weighted by Gasteiger charge is 2.31. The molecule has 2 aromatic carbocycles. The lowest BCUT2D eigenvalue weighted by Gasteiger charge is -2.24. The molecule has 0 heterocycles. The summed E-state index contributed by atoms with van der Waals surface area (Å²) in [7, 11) is 0. The van der Waals surface area contributed by atoms with Gasteiger partial charge in [-0.1, -0.05) is 42.5 Å². The largest absolute Gasteiger partial charge is 0.293 e. The molecule has 18 heavy (non-hydrogen) atoms. The average molecular weight is 242 g/mol. The van der Waals surface area contributed by atoms with E-state index in [9.17, 15) is 9.18 Å². The van der Waals surface area contributed by atoms with E-state index in [1.54, 1.807) is 12.1 Å². The second-order valence-electron chi connectivity index (χ2n) is 4.80. The van der Waals surface area contributed by atoms with Crippen molar-refractivity contribution in [3.8, 4) is 0 Å². The summed E-state index contributed by atoms with van der Waals surface area (Å²) in [5.41, 5.74) is 0.299. The fourth-order valence-corrected chi connectivity index (χ4v) is 1.97. The standard InChI is InChI=1S/C16H15FO/c1-16(2,12-8-4-3-5-9-12)15(18)13-10-6-7-11-14(13)17/h3-11H,1-2H3. The SMILES string of the molecule is CC(C)(C(=O)c1ccccc1F)c1ccccc1. The van der Waals surface area contributed by atoms with Crippen LogP contribution in [0.25, 0.3) is 0 Å². The predicted octanol–water partition coefficient (Wildman–Crippen LogP) is 3.99. The van der Waals surface area contributed by atoms with Crippen LogP contribution in [0.15, 0.2) is 54.6 Å². The molecule has 92 valence electrons. The lowest BCUT2D eigenvalue weighted by Crippen LogP contribution is -2.29. The summed E-state index contributed by atoms with van der Waals surface area (Å²) in [6.07, 6.45) is 0. The van der Waals surface area contributed by atoms with E-state index in [4.69, 9.17) is 0 Å². The van der Waals surface area contributed by atoms with Crippen molar-refractivity contribution < 1.29 is 9.18 Å². The first-order valence-corrected chi connectivity index (χ1v) is 5.88. The fourth-order valence-electron chi connectivity index (χ4n) is 1.97. The first kappa shape index (κ1) is 12.5. The quantitative estimate of drug-likeness (QED) is 0.744. The Morgan fingerprint density at radius 3 is 2.11 bits per heavy atom. The van der Waals surface area contributed by atoms with Crippen molar-refractivity contribution in [1.82, 2.24) is 0 Å². The van der Waals surface area contributed by atoms with Gasteiger partial charge in [0.15, 0.2) is 5.78 Å². The number of halogens is 1. The Hall–Kier alpha value is -1.96. The first-order valence-electron chi connectivity index (χ1n) is 5.88. The van der Waals surface area contributed by atoms with Gasteiger partial charge in [-0.05, 0) is 31.5 Å². The Balaban J connectivity index is 2.43. The van der Waals surface area contributed by atoms with Gasteiger partial charge in [0, 0.05) is 0 Å². The van der Waals surface area contributed by atoms with Gasteiger partial charge in [-0.15, -0.1) is 0 Å². The number of rotatable bonds is 3. The lowest BCUT2D eigenvalue weighted by atomic mass is 9.78. The normalized spacial score (nSPS) is 11.3. The van der Waals surface area contributed by atoms with Crippen LogP contribution in [0.2, 0.25) is 0 Å². The van der Waals surface area contributed by atoms with Gasteiger partial charge in [0.25, 0.3) is 0 Å². The fraction of sp³-hybridized carbons (Fsp3) is 0.188. The molecule has 0 aliphatic rings. The lowest BCUT2D eigenvalue weighted by molar-refractivity contribution is 0.0904. The van der Waals surface area contributed by atoms with Crippen LogP contribution in [0.3, 0.4) is 0 Å². The highest BCUT2D eigenvalue weighted by molar-refractivity contribution is 6.03. The van der Waals surface area contributed by atoms with E-state index >= 15 is 0 Å². The molecule has 0 aliphatic heterocycles. The maximum absolute atomic E-state index is 13.7. The molecule has 0 bridgehead atoms. The second kappa shape index (κ2) is 4.73. The Kier molecular flexibility index (Phi) is 3.28. The number of hydrogen-bond acceptors (Lipinski definition) is 1. The number of hydrogen-bond donors (Lipinski definition) is 0. The van der Waals surface area contributed by atoms with E-state index in [1.807, 2.05) is 44.2 Å². The molecule has 1 nitrogen and oxygen atoms in total.